The third-order valence-corrected chi connectivity index (χ3v) is 2.64. The van der Waals surface area contributed by atoms with Gasteiger partial charge in [-0.15, -0.1) is 0 Å². The summed E-state index contributed by atoms with van der Waals surface area (Å²) in [4.78, 5) is 0. The zero-order valence-corrected chi connectivity index (χ0v) is 9.76. The van der Waals surface area contributed by atoms with Crippen molar-refractivity contribution in [3.05, 3.63) is 34.6 Å². The Labute approximate surface area is 94.9 Å². The minimum absolute atomic E-state index is 0.0658. The molecule has 1 unspecified atom stereocenters. The van der Waals surface area contributed by atoms with Crippen LogP contribution < -0.4 is 0 Å². The first-order valence-electron chi connectivity index (χ1n) is 5.13. The van der Waals surface area contributed by atoms with Gasteiger partial charge in [0.25, 0.3) is 0 Å². The van der Waals surface area contributed by atoms with Crippen molar-refractivity contribution in [2.45, 2.75) is 32.8 Å². The van der Waals surface area contributed by atoms with Gasteiger partial charge < -0.3 is 5.11 Å². The van der Waals surface area contributed by atoms with Crippen molar-refractivity contribution in [2.24, 2.45) is 5.92 Å². The van der Waals surface area contributed by atoms with Crippen LogP contribution in [-0.2, 0) is 0 Å². The molecule has 1 N–H and O–H groups in total. The van der Waals surface area contributed by atoms with Gasteiger partial charge >= 0.3 is 0 Å². The van der Waals surface area contributed by atoms with Gasteiger partial charge in [-0.2, -0.15) is 0 Å². The lowest BCUT2D eigenvalue weighted by Gasteiger charge is -2.12. The molecule has 0 fully saturated rings. The van der Waals surface area contributed by atoms with E-state index in [1.165, 1.54) is 12.1 Å². The summed E-state index contributed by atoms with van der Waals surface area (Å²) >= 11 is 5.63. The molecule has 84 valence electrons. The van der Waals surface area contributed by atoms with Crippen LogP contribution in [0.25, 0.3) is 0 Å². The smallest absolute Gasteiger partial charge is 0.141 e. The molecule has 0 heterocycles. The molecular formula is C12H16ClFO. The number of rotatable bonds is 4. The van der Waals surface area contributed by atoms with Crippen molar-refractivity contribution in [2.75, 3.05) is 0 Å². The van der Waals surface area contributed by atoms with Gasteiger partial charge in [-0.3, -0.25) is 0 Å². The molecule has 3 heteroatoms. The van der Waals surface area contributed by atoms with E-state index in [1.54, 1.807) is 6.07 Å². The molecule has 1 aromatic rings. The largest absolute Gasteiger partial charge is 0.388 e. The van der Waals surface area contributed by atoms with E-state index in [9.17, 15) is 9.50 Å². The normalized spacial score (nSPS) is 13.2. The molecule has 0 saturated carbocycles. The Balaban J connectivity index is 2.65. The number of hydrogen-bond donors (Lipinski definition) is 1. The quantitative estimate of drug-likeness (QED) is 0.831. The molecule has 0 spiro atoms. The highest BCUT2D eigenvalue weighted by atomic mass is 35.5. The molecule has 0 aliphatic heterocycles. The molecule has 1 aromatic carbocycles. The predicted octanol–water partition coefficient (Wildman–Crippen LogP) is 3.95. The number of hydrogen-bond acceptors (Lipinski definition) is 1. The van der Waals surface area contributed by atoms with Gasteiger partial charge in [0, 0.05) is 0 Å². The Bertz CT molecular complexity index is 325. The monoisotopic (exact) mass is 230 g/mol. The summed E-state index contributed by atoms with van der Waals surface area (Å²) in [5.41, 5.74) is 0.682. The second-order valence-electron chi connectivity index (χ2n) is 4.16. The van der Waals surface area contributed by atoms with Crippen molar-refractivity contribution >= 4 is 11.6 Å². The van der Waals surface area contributed by atoms with E-state index >= 15 is 0 Å². The number of halogens is 2. The summed E-state index contributed by atoms with van der Waals surface area (Å²) in [7, 11) is 0. The van der Waals surface area contributed by atoms with Crippen molar-refractivity contribution in [1.29, 1.82) is 0 Å². The van der Waals surface area contributed by atoms with Gasteiger partial charge in [0.2, 0.25) is 0 Å². The highest BCUT2D eigenvalue weighted by Gasteiger charge is 2.10. The third-order valence-electron chi connectivity index (χ3n) is 2.35. The molecule has 0 bridgehead atoms. The summed E-state index contributed by atoms with van der Waals surface area (Å²) in [6.07, 6.45) is 1.07. The lowest BCUT2D eigenvalue weighted by atomic mass is 10.00. The molecular weight excluding hydrogens is 215 g/mol. The third kappa shape index (κ3) is 3.80. The van der Waals surface area contributed by atoms with E-state index < -0.39 is 11.9 Å². The van der Waals surface area contributed by atoms with Crippen LogP contribution in [0, 0.1) is 11.7 Å². The molecule has 1 atom stereocenters. The topological polar surface area (TPSA) is 20.2 Å². The Morgan fingerprint density at radius 1 is 1.33 bits per heavy atom. The second kappa shape index (κ2) is 5.47. The average Bonchev–Trinajstić information content (AvgIpc) is 2.18. The van der Waals surface area contributed by atoms with Crippen LogP contribution in [0.5, 0.6) is 0 Å². The van der Waals surface area contributed by atoms with Crippen molar-refractivity contribution < 1.29 is 9.50 Å². The van der Waals surface area contributed by atoms with E-state index in [-0.39, 0.29) is 5.02 Å². The zero-order chi connectivity index (χ0) is 11.4. The van der Waals surface area contributed by atoms with Crippen LogP contribution in [0.2, 0.25) is 5.02 Å². The van der Waals surface area contributed by atoms with Gasteiger partial charge in [0.05, 0.1) is 11.1 Å². The second-order valence-corrected chi connectivity index (χ2v) is 4.57. The Morgan fingerprint density at radius 2 is 2.00 bits per heavy atom. The summed E-state index contributed by atoms with van der Waals surface area (Å²) in [5.74, 6) is 0.104. The highest BCUT2D eigenvalue weighted by molar-refractivity contribution is 6.30. The van der Waals surface area contributed by atoms with Gasteiger partial charge in [-0.1, -0.05) is 31.5 Å². The zero-order valence-electron chi connectivity index (χ0n) is 9.00. The van der Waals surface area contributed by atoms with Gasteiger partial charge in [-0.25, -0.2) is 4.39 Å². The fraction of sp³-hybridized carbons (Fsp3) is 0.500. The summed E-state index contributed by atoms with van der Waals surface area (Å²) in [6, 6.07) is 4.35. The maximum Gasteiger partial charge on any atom is 0.141 e. The first kappa shape index (κ1) is 12.5. The molecule has 1 nitrogen and oxygen atoms in total. The number of benzene rings is 1. The predicted molar refractivity (Wildman–Crippen MR) is 60.4 cm³/mol. The Hall–Kier alpha value is -0.600. The lowest BCUT2D eigenvalue weighted by molar-refractivity contribution is 0.159. The van der Waals surface area contributed by atoms with Gasteiger partial charge in [0.15, 0.2) is 0 Å². The standard InChI is InChI=1S/C12H16ClFO/c1-8(2)3-6-12(15)9-4-5-11(14)10(13)7-9/h4-5,7-8,12,15H,3,6H2,1-2H3. The summed E-state index contributed by atoms with van der Waals surface area (Å²) in [5, 5.41) is 9.87. The lowest BCUT2D eigenvalue weighted by Crippen LogP contribution is -2.00. The fourth-order valence-electron chi connectivity index (χ4n) is 1.38. The minimum atomic E-state index is -0.550. The summed E-state index contributed by atoms with van der Waals surface area (Å²) < 4.78 is 12.9. The maximum absolute atomic E-state index is 12.9. The molecule has 0 saturated heterocycles. The van der Waals surface area contributed by atoms with Crippen molar-refractivity contribution in [1.82, 2.24) is 0 Å². The van der Waals surface area contributed by atoms with Crippen molar-refractivity contribution in [3.8, 4) is 0 Å². The molecule has 15 heavy (non-hydrogen) atoms. The molecule has 0 aromatic heterocycles. The van der Waals surface area contributed by atoms with Crippen LogP contribution in [0.4, 0.5) is 4.39 Å². The van der Waals surface area contributed by atoms with Crippen LogP contribution in [0.1, 0.15) is 38.4 Å². The molecule has 0 radical (unpaired) electrons. The Kier molecular flexibility index (Phi) is 4.55. The molecule has 0 aliphatic rings. The minimum Gasteiger partial charge on any atom is -0.388 e. The average molecular weight is 231 g/mol. The number of aliphatic hydroxyl groups is 1. The van der Waals surface area contributed by atoms with E-state index in [0.29, 0.717) is 17.9 Å². The highest BCUT2D eigenvalue weighted by Crippen LogP contribution is 2.24. The Morgan fingerprint density at radius 3 is 2.53 bits per heavy atom. The molecule has 1 rings (SSSR count). The van der Waals surface area contributed by atoms with E-state index in [0.717, 1.165) is 6.42 Å². The molecule has 0 aliphatic carbocycles. The van der Waals surface area contributed by atoms with E-state index in [1.807, 2.05) is 0 Å². The van der Waals surface area contributed by atoms with E-state index in [2.05, 4.69) is 13.8 Å². The first-order chi connectivity index (χ1) is 7.00. The van der Waals surface area contributed by atoms with E-state index in [4.69, 9.17) is 11.6 Å². The van der Waals surface area contributed by atoms with Gasteiger partial charge in [-0.05, 0) is 36.5 Å². The SMILES string of the molecule is CC(C)CCC(O)c1ccc(F)c(Cl)c1. The first-order valence-corrected chi connectivity index (χ1v) is 5.51. The fourth-order valence-corrected chi connectivity index (χ4v) is 1.57. The van der Waals surface area contributed by atoms with Crippen LogP contribution >= 0.6 is 11.6 Å². The number of aliphatic hydroxyl groups excluding tert-OH is 1. The van der Waals surface area contributed by atoms with Crippen LogP contribution in [0.3, 0.4) is 0 Å². The van der Waals surface area contributed by atoms with Crippen LogP contribution in [0.15, 0.2) is 18.2 Å². The van der Waals surface area contributed by atoms with Crippen LogP contribution in [-0.4, -0.2) is 5.11 Å². The van der Waals surface area contributed by atoms with Crippen molar-refractivity contribution in [3.63, 3.8) is 0 Å². The molecule has 0 amide bonds. The maximum atomic E-state index is 12.9. The summed E-state index contributed by atoms with van der Waals surface area (Å²) in [6.45, 7) is 4.20. The van der Waals surface area contributed by atoms with Gasteiger partial charge in [0.1, 0.15) is 5.82 Å².